The SMILES string of the molecule is Br.c1ccc(CCN(Cc2ccc(CNCc3ccccn3)cc2)C2CCCc3cccnc32)nc1. The van der Waals surface area contributed by atoms with E-state index in [2.05, 4.69) is 68.7 Å². The highest BCUT2D eigenvalue weighted by Crippen LogP contribution is 2.33. The molecule has 0 saturated carbocycles. The Morgan fingerprint density at radius 1 is 0.750 bits per heavy atom. The largest absolute Gasteiger partial charge is 0.307 e. The number of hydrogen-bond donors (Lipinski definition) is 1. The quantitative estimate of drug-likeness (QED) is 0.271. The van der Waals surface area contributed by atoms with Gasteiger partial charge in [-0.2, -0.15) is 0 Å². The van der Waals surface area contributed by atoms with Crippen molar-refractivity contribution in [2.24, 2.45) is 0 Å². The van der Waals surface area contributed by atoms with Gasteiger partial charge in [0.15, 0.2) is 0 Å². The Balaban J connectivity index is 0.00000304. The smallest absolute Gasteiger partial charge is 0.0607 e. The van der Waals surface area contributed by atoms with Crippen LogP contribution in [0.15, 0.2) is 91.4 Å². The van der Waals surface area contributed by atoms with Crippen molar-refractivity contribution < 1.29 is 0 Å². The first kappa shape index (κ1) is 26.1. The first-order chi connectivity index (χ1) is 17.3. The molecule has 0 fully saturated rings. The molecule has 1 atom stereocenters. The molecule has 0 radical (unpaired) electrons. The first-order valence-corrected chi connectivity index (χ1v) is 12.6. The Bertz CT molecular complexity index is 1180. The zero-order valence-electron chi connectivity index (χ0n) is 20.6. The monoisotopic (exact) mass is 543 g/mol. The van der Waals surface area contributed by atoms with E-state index >= 15 is 0 Å². The van der Waals surface area contributed by atoms with E-state index < -0.39 is 0 Å². The number of hydrogen-bond acceptors (Lipinski definition) is 5. The van der Waals surface area contributed by atoms with Gasteiger partial charge in [0.25, 0.3) is 0 Å². The highest BCUT2D eigenvalue weighted by molar-refractivity contribution is 8.93. The van der Waals surface area contributed by atoms with E-state index in [0.717, 1.165) is 56.8 Å². The Morgan fingerprint density at radius 3 is 2.22 bits per heavy atom. The second-order valence-corrected chi connectivity index (χ2v) is 9.24. The fourth-order valence-corrected chi connectivity index (χ4v) is 4.92. The van der Waals surface area contributed by atoms with Gasteiger partial charge in [-0.1, -0.05) is 42.5 Å². The van der Waals surface area contributed by atoms with Crippen molar-refractivity contribution in [2.75, 3.05) is 6.54 Å². The van der Waals surface area contributed by atoms with Crippen LogP contribution in [0, 0.1) is 0 Å². The second-order valence-electron chi connectivity index (χ2n) is 9.24. The van der Waals surface area contributed by atoms with Gasteiger partial charge in [-0.15, -0.1) is 17.0 Å². The van der Waals surface area contributed by atoms with Gasteiger partial charge in [0.1, 0.15) is 0 Å². The van der Waals surface area contributed by atoms with E-state index in [1.54, 1.807) is 0 Å². The van der Waals surface area contributed by atoms with E-state index in [1.807, 2.05) is 42.9 Å². The number of rotatable bonds is 10. The Labute approximate surface area is 224 Å². The standard InChI is InChI=1S/C30H33N5.BrH/c1-3-17-32-27(9-1)16-20-35(29-11-5-7-26-8-6-19-34-30(26)29)23-25-14-12-24(13-15-25)21-31-22-28-10-2-4-18-33-28;/h1-4,6,8-10,12-15,17-19,29,31H,5,7,11,16,20-23H2;1H. The number of halogens is 1. The zero-order chi connectivity index (χ0) is 23.7. The Hall–Kier alpha value is -2.93. The van der Waals surface area contributed by atoms with Gasteiger partial charge in [-0.3, -0.25) is 19.9 Å². The molecule has 1 aromatic carbocycles. The zero-order valence-corrected chi connectivity index (χ0v) is 22.3. The van der Waals surface area contributed by atoms with E-state index in [4.69, 9.17) is 4.98 Å². The lowest BCUT2D eigenvalue weighted by atomic mass is 9.90. The number of nitrogens with zero attached hydrogens (tertiary/aromatic N) is 4. The molecular formula is C30H34BrN5. The first-order valence-electron chi connectivity index (χ1n) is 12.6. The third-order valence-electron chi connectivity index (χ3n) is 6.76. The Kier molecular flexibility index (Phi) is 9.73. The molecule has 0 spiro atoms. The van der Waals surface area contributed by atoms with Crippen LogP contribution in [0.5, 0.6) is 0 Å². The van der Waals surface area contributed by atoms with E-state index in [0.29, 0.717) is 6.04 Å². The molecule has 1 unspecified atom stereocenters. The molecule has 3 aromatic heterocycles. The van der Waals surface area contributed by atoms with Gasteiger partial charge in [0.2, 0.25) is 0 Å². The fourth-order valence-electron chi connectivity index (χ4n) is 4.92. The molecule has 5 nitrogen and oxygen atoms in total. The molecule has 5 rings (SSSR count). The van der Waals surface area contributed by atoms with Crippen molar-refractivity contribution in [1.82, 2.24) is 25.2 Å². The maximum atomic E-state index is 4.82. The average molecular weight is 545 g/mol. The number of benzene rings is 1. The summed E-state index contributed by atoms with van der Waals surface area (Å²) >= 11 is 0. The molecule has 4 aromatic rings. The lowest BCUT2D eigenvalue weighted by Gasteiger charge is -2.35. The summed E-state index contributed by atoms with van der Waals surface area (Å²) in [6.45, 7) is 3.48. The maximum Gasteiger partial charge on any atom is 0.0607 e. The van der Waals surface area contributed by atoms with Crippen molar-refractivity contribution in [3.05, 3.63) is 125 Å². The van der Waals surface area contributed by atoms with Gasteiger partial charge in [-0.05, 0) is 66.3 Å². The van der Waals surface area contributed by atoms with Crippen LogP contribution in [0.1, 0.15) is 52.7 Å². The Morgan fingerprint density at radius 2 is 1.47 bits per heavy atom. The van der Waals surface area contributed by atoms with Gasteiger partial charge in [0, 0.05) is 56.9 Å². The minimum absolute atomic E-state index is 0. The summed E-state index contributed by atoms with van der Waals surface area (Å²) < 4.78 is 0. The molecule has 3 heterocycles. The number of nitrogens with one attached hydrogen (secondary N) is 1. The molecule has 0 saturated heterocycles. The highest BCUT2D eigenvalue weighted by Gasteiger charge is 2.27. The summed E-state index contributed by atoms with van der Waals surface area (Å²) in [5, 5.41) is 3.49. The summed E-state index contributed by atoms with van der Waals surface area (Å²) in [6.07, 6.45) is 10.1. The molecule has 6 heteroatoms. The van der Waals surface area contributed by atoms with Crippen molar-refractivity contribution in [1.29, 1.82) is 0 Å². The van der Waals surface area contributed by atoms with Gasteiger partial charge < -0.3 is 5.32 Å². The van der Waals surface area contributed by atoms with Crippen LogP contribution in [0.3, 0.4) is 0 Å². The van der Waals surface area contributed by atoms with E-state index in [1.165, 1.54) is 28.8 Å². The molecule has 1 aliphatic carbocycles. The number of pyridine rings is 3. The lowest BCUT2D eigenvalue weighted by Crippen LogP contribution is -2.33. The highest BCUT2D eigenvalue weighted by atomic mass is 79.9. The van der Waals surface area contributed by atoms with Crippen LogP contribution < -0.4 is 5.32 Å². The maximum absolute atomic E-state index is 4.82. The molecule has 1 aliphatic rings. The molecule has 0 bridgehead atoms. The number of fused-ring (bicyclic) bond motifs is 1. The molecule has 0 aliphatic heterocycles. The molecule has 1 N–H and O–H groups in total. The molecule has 186 valence electrons. The van der Waals surface area contributed by atoms with Crippen LogP contribution >= 0.6 is 17.0 Å². The predicted molar refractivity (Wildman–Crippen MR) is 150 cm³/mol. The van der Waals surface area contributed by atoms with Crippen LogP contribution in [-0.4, -0.2) is 26.4 Å². The van der Waals surface area contributed by atoms with Gasteiger partial charge >= 0.3 is 0 Å². The minimum atomic E-state index is 0. The van der Waals surface area contributed by atoms with Crippen molar-refractivity contribution in [3.63, 3.8) is 0 Å². The van der Waals surface area contributed by atoms with Crippen LogP contribution in [0.25, 0.3) is 0 Å². The predicted octanol–water partition coefficient (Wildman–Crippen LogP) is 5.86. The third kappa shape index (κ3) is 7.06. The van der Waals surface area contributed by atoms with Crippen LogP contribution in [-0.2, 0) is 32.5 Å². The van der Waals surface area contributed by atoms with E-state index in [9.17, 15) is 0 Å². The van der Waals surface area contributed by atoms with Crippen molar-refractivity contribution in [2.45, 2.75) is 51.4 Å². The van der Waals surface area contributed by atoms with Gasteiger partial charge in [-0.25, -0.2) is 0 Å². The summed E-state index contributed by atoms with van der Waals surface area (Å²) in [5.41, 5.74) is 7.49. The minimum Gasteiger partial charge on any atom is -0.307 e. The summed E-state index contributed by atoms with van der Waals surface area (Å²) in [6, 6.07) is 25.9. The number of aryl methyl sites for hydroxylation is 1. The lowest BCUT2D eigenvalue weighted by molar-refractivity contribution is 0.167. The van der Waals surface area contributed by atoms with Crippen LogP contribution in [0.4, 0.5) is 0 Å². The normalized spacial score (nSPS) is 14.8. The van der Waals surface area contributed by atoms with Gasteiger partial charge in [0.05, 0.1) is 17.4 Å². The topological polar surface area (TPSA) is 53.9 Å². The fraction of sp³-hybridized carbons (Fsp3) is 0.300. The average Bonchev–Trinajstić information content (AvgIpc) is 2.93. The molecule has 0 amide bonds. The van der Waals surface area contributed by atoms with E-state index in [-0.39, 0.29) is 17.0 Å². The van der Waals surface area contributed by atoms with Crippen molar-refractivity contribution in [3.8, 4) is 0 Å². The molecule has 36 heavy (non-hydrogen) atoms. The summed E-state index contributed by atoms with van der Waals surface area (Å²) in [5.74, 6) is 0. The van der Waals surface area contributed by atoms with Crippen molar-refractivity contribution >= 4 is 17.0 Å². The summed E-state index contributed by atoms with van der Waals surface area (Å²) in [7, 11) is 0. The number of aromatic nitrogens is 3. The second kappa shape index (κ2) is 13.4. The third-order valence-corrected chi connectivity index (χ3v) is 6.76. The molecular weight excluding hydrogens is 510 g/mol. The summed E-state index contributed by atoms with van der Waals surface area (Å²) in [4.78, 5) is 16.4. The van der Waals surface area contributed by atoms with Crippen LogP contribution in [0.2, 0.25) is 0 Å².